The fourth-order valence-electron chi connectivity index (χ4n) is 7.35. The molecule has 3 aliphatic heterocycles. The van der Waals surface area contributed by atoms with Crippen molar-refractivity contribution in [1.29, 1.82) is 0 Å². The second kappa shape index (κ2) is 23.7. The molecule has 3 aliphatic rings. The van der Waals surface area contributed by atoms with Crippen LogP contribution in [0, 0.1) is 11.7 Å². The molecule has 6 atom stereocenters. The van der Waals surface area contributed by atoms with Crippen molar-refractivity contribution in [2.45, 2.75) is 61.3 Å². The number of halogens is 1. The number of benzene rings is 3. The summed E-state index contributed by atoms with van der Waals surface area (Å²) in [6.45, 7) is 7.86. The molecule has 65 heavy (non-hydrogen) atoms. The van der Waals surface area contributed by atoms with Gasteiger partial charge in [0.15, 0.2) is 0 Å². The van der Waals surface area contributed by atoms with Crippen LogP contribution in [0.25, 0.3) is 0 Å². The average Bonchev–Trinajstić information content (AvgIpc) is 3.73. The Hall–Kier alpha value is -5.44. The SMILES string of the molecule is COc1ccc([C@@H](C)NC(=O)[C@@H](CCC(=O)N(C)c2ccc(OCCOc3ccc(NC(=O)NC4NC(CC(=O)N5CCN(C)CC5)CS4)cc3)cc2)SC2NC(=O)NCC2C)c(F)c1. The van der Waals surface area contributed by atoms with E-state index in [0.29, 0.717) is 47.2 Å². The molecule has 0 radical (unpaired) electrons. The van der Waals surface area contributed by atoms with Gasteiger partial charge in [0, 0.05) is 93.3 Å². The Balaban J connectivity index is 0.904. The Labute approximate surface area is 388 Å². The number of anilines is 2. The zero-order valence-electron chi connectivity index (χ0n) is 37.4. The molecule has 0 bridgehead atoms. The number of piperazine rings is 1. The maximum absolute atomic E-state index is 14.8. The van der Waals surface area contributed by atoms with Gasteiger partial charge in [-0.05, 0) is 75.0 Å². The number of rotatable bonds is 19. The van der Waals surface area contributed by atoms with Crippen LogP contribution >= 0.6 is 23.5 Å². The Bertz CT molecular complexity index is 2100. The molecule has 3 aromatic rings. The van der Waals surface area contributed by atoms with Crippen molar-refractivity contribution < 1.29 is 42.6 Å². The van der Waals surface area contributed by atoms with E-state index in [1.165, 1.54) is 29.8 Å². The third-order valence-electron chi connectivity index (χ3n) is 11.4. The van der Waals surface area contributed by atoms with E-state index in [2.05, 4.69) is 43.8 Å². The van der Waals surface area contributed by atoms with E-state index in [-0.39, 0.29) is 78.7 Å². The Morgan fingerprint density at radius 3 is 2.29 bits per heavy atom. The van der Waals surface area contributed by atoms with Crippen LogP contribution in [0.2, 0.25) is 0 Å². The van der Waals surface area contributed by atoms with Crippen molar-refractivity contribution in [3.05, 3.63) is 78.1 Å². The fraction of sp³-hybridized carbons (Fsp3) is 0.489. The zero-order valence-corrected chi connectivity index (χ0v) is 39.0. The molecule has 17 nitrogen and oxygen atoms in total. The van der Waals surface area contributed by atoms with Gasteiger partial charge in [-0.1, -0.05) is 13.0 Å². The highest BCUT2D eigenvalue weighted by Crippen LogP contribution is 2.30. The number of thioether (sulfide) groups is 2. The summed E-state index contributed by atoms with van der Waals surface area (Å²) in [5, 5.41) is 16.5. The van der Waals surface area contributed by atoms with Gasteiger partial charge in [-0.25, -0.2) is 14.0 Å². The van der Waals surface area contributed by atoms with Crippen molar-refractivity contribution in [2.75, 3.05) is 83.1 Å². The van der Waals surface area contributed by atoms with Gasteiger partial charge in [-0.2, -0.15) is 0 Å². The number of ether oxygens (including phenoxy) is 3. The van der Waals surface area contributed by atoms with Gasteiger partial charge in [0.1, 0.15) is 41.8 Å². The van der Waals surface area contributed by atoms with Gasteiger partial charge in [-0.3, -0.25) is 19.7 Å². The quantitative estimate of drug-likeness (QED) is 0.0920. The highest BCUT2D eigenvalue weighted by Gasteiger charge is 2.33. The van der Waals surface area contributed by atoms with Crippen LogP contribution in [0.1, 0.15) is 44.7 Å². The molecule has 3 fully saturated rings. The van der Waals surface area contributed by atoms with Crippen molar-refractivity contribution in [1.82, 2.24) is 36.4 Å². The summed E-state index contributed by atoms with van der Waals surface area (Å²) in [5.41, 5.74) is 1.23. The lowest BCUT2D eigenvalue weighted by molar-refractivity contribution is -0.133. The summed E-state index contributed by atoms with van der Waals surface area (Å²) in [4.78, 5) is 70.3. The summed E-state index contributed by atoms with van der Waals surface area (Å²) < 4.78 is 31.6. The molecule has 0 saturated carbocycles. The minimum Gasteiger partial charge on any atom is -0.497 e. The Morgan fingerprint density at radius 1 is 0.969 bits per heavy atom. The summed E-state index contributed by atoms with van der Waals surface area (Å²) in [7, 11) is 5.16. The second-order valence-electron chi connectivity index (χ2n) is 16.3. The number of nitrogens with zero attached hydrogens (tertiary/aromatic N) is 3. The molecule has 6 rings (SSSR count). The molecule has 3 saturated heterocycles. The first-order chi connectivity index (χ1) is 31.2. The van der Waals surface area contributed by atoms with Crippen molar-refractivity contribution in [2.24, 2.45) is 5.92 Å². The number of likely N-dealkylation sites (N-methyl/N-ethyl adjacent to an activating group) is 1. The third-order valence-corrected chi connectivity index (χ3v) is 14.2. The topological polar surface area (TPSA) is 195 Å². The van der Waals surface area contributed by atoms with Gasteiger partial charge < -0.3 is 55.5 Å². The van der Waals surface area contributed by atoms with Crippen LogP contribution in [0.5, 0.6) is 17.2 Å². The van der Waals surface area contributed by atoms with E-state index >= 15 is 0 Å². The molecule has 4 unspecified atom stereocenters. The lowest BCUT2D eigenvalue weighted by Gasteiger charge is -2.33. The number of methoxy groups -OCH3 is 1. The molecular weight excluding hydrogens is 878 g/mol. The minimum absolute atomic E-state index is 0.00142. The van der Waals surface area contributed by atoms with E-state index in [9.17, 15) is 28.4 Å². The van der Waals surface area contributed by atoms with E-state index in [1.807, 2.05) is 11.8 Å². The van der Waals surface area contributed by atoms with Crippen LogP contribution in [-0.4, -0.2) is 135 Å². The highest BCUT2D eigenvalue weighted by molar-refractivity contribution is 8.01. The molecule has 7 amide bonds. The minimum atomic E-state index is -0.717. The average molecular weight is 938 g/mol. The molecule has 352 valence electrons. The number of carbonyl (C=O) groups excluding carboxylic acids is 5. The molecule has 0 aliphatic carbocycles. The van der Waals surface area contributed by atoms with Gasteiger partial charge in [-0.15, -0.1) is 23.5 Å². The van der Waals surface area contributed by atoms with Crippen LogP contribution in [-0.2, 0) is 14.4 Å². The number of urea groups is 2. The number of hydrogen-bond donors (Lipinski definition) is 6. The third kappa shape index (κ3) is 14.5. The number of amides is 7. The maximum Gasteiger partial charge on any atom is 0.321 e. The predicted molar refractivity (Wildman–Crippen MR) is 251 cm³/mol. The molecule has 3 heterocycles. The Morgan fingerprint density at radius 2 is 1.63 bits per heavy atom. The summed E-state index contributed by atoms with van der Waals surface area (Å²) in [6, 6.07) is 17.1. The molecular formula is C45H60FN9O8S2. The first kappa shape index (κ1) is 49.0. The van der Waals surface area contributed by atoms with Gasteiger partial charge >= 0.3 is 12.1 Å². The molecule has 0 aromatic heterocycles. The van der Waals surface area contributed by atoms with Crippen LogP contribution in [0.3, 0.4) is 0 Å². The standard InChI is InChI=1S/C45H60FN9O8S2/c1-28-26-47-43(59)51-42(28)65-38(41(58)48-29(2)36-15-14-35(61-5)25-37(36)46)16-17-39(56)54(4)32-8-12-34(13-9-32)63-23-22-62-33-10-6-30(7-11-33)49-44(60)52-45-50-31(27-64-45)24-40(57)55-20-18-53(3)19-21-55/h6-15,25,28-29,31,38,42,45,50H,16-24,26-27H2,1-5H3,(H,48,58)(H2,47,51,59)(H2,49,52,60)/t28?,29-,31?,38-,42?,45?/m1/s1. The zero-order chi connectivity index (χ0) is 46.5. The van der Waals surface area contributed by atoms with Gasteiger partial charge in [0.25, 0.3) is 0 Å². The van der Waals surface area contributed by atoms with Crippen molar-refractivity contribution >= 4 is 64.7 Å². The van der Waals surface area contributed by atoms with Gasteiger partial charge in [0.05, 0.1) is 23.8 Å². The van der Waals surface area contributed by atoms with Crippen LogP contribution in [0.15, 0.2) is 66.7 Å². The number of carbonyl (C=O) groups is 5. The first-order valence-corrected chi connectivity index (χ1v) is 23.7. The first-order valence-electron chi connectivity index (χ1n) is 21.7. The monoisotopic (exact) mass is 937 g/mol. The van der Waals surface area contributed by atoms with Crippen LogP contribution in [0.4, 0.5) is 25.4 Å². The Kier molecular flexibility index (Phi) is 17.8. The molecule has 3 aromatic carbocycles. The van der Waals surface area contributed by atoms with E-state index in [0.717, 1.165) is 31.9 Å². The van der Waals surface area contributed by atoms with E-state index < -0.39 is 17.1 Å². The predicted octanol–water partition coefficient (Wildman–Crippen LogP) is 4.56. The summed E-state index contributed by atoms with van der Waals surface area (Å²) in [5.74, 6) is 1.34. The van der Waals surface area contributed by atoms with Gasteiger partial charge in [0.2, 0.25) is 17.7 Å². The van der Waals surface area contributed by atoms with Crippen molar-refractivity contribution in [3.63, 3.8) is 0 Å². The lowest BCUT2D eigenvalue weighted by Crippen LogP contribution is -2.53. The molecule has 20 heteroatoms. The number of nitrogens with one attached hydrogen (secondary N) is 6. The molecule has 0 spiro atoms. The van der Waals surface area contributed by atoms with E-state index in [1.54, 1.807) is 86.4 Å². The summed E-state index contributed by atoms with van der Waals surface area (Å²) >= 11 is 2.84. The number of hydrogen-bond acceptors (Lipinski definition) is 12. The second-order valence-corrected chi connectivity index (χ2v) is 18.8. The smallest absolute Gasteiger partial charge is 0.321 e. The highest BCUT2D eigenvalue weighted by atomic mass is 32.2. The van der Waals surface area contributed by atoms with Crippen LogP contribution < -0.4 is 51.0 Å². The molecule has 6 N–H and O–H groups in total. The maximum atomic E-state index is 14.8. The summed E-state index contributed by atoms with van der Waals surface area (Å²) in [6.07, 6.45) is 0.629. The largest absolute Gasteiger partial charge is 0.497 e. The van der Waals surface area contributed by atoms with Crippen molar-refractivity contribution in [3.8, 4) is 17.2 Å². The fourth-order valence-corrected chi connectivity index (χ4v) is 9.81. The normalized spacial score (nSPS) is 20.6. The van der Waals surface area contributed by atoms with E-state index in [4.69, 9.17) is 14.2 Å². The lowest BCUT2D eigenvalue weighted by atomic mass is 10.1.